The monoisotopic (exact) mass is 287 g/mol. The highest BCUT2D eigenvalue weighted by Gasteiger charge is 2.14. The summed E-state index contributed by atoms with van der Waals surface area (Å²) < 4.78 is 13.4. The molecule has 0 saturated heterocycles. The molecule has 2 rings (SSSR count). The third kappa shape index (κ3) is 2.63. The molecule has 0 fully saturated rings. The average molecular weight is 288 g/mol. The van der Waals surface area contributed by atoms with E-state index in [1.54, 1.807) is 12.4 Å². The second-order valence-corrected chi connectivity index (χ2v) is 4.32. The summed E-state index contributed by atoms with van der Waals surface area (Å²) in [5.41, 5.74) is 0.475. The van der Waals surface area contributed by atoms with Gasteiger partial charge in [-0.3, -0.25) is 0 Å². The molecule has 0 radical (unpaired) electrons. The highest BCUT2D eigenvalue weighted by atomic mass is 35.5. The molecular weight excluding hydrogens is 280 g/mol. The molecule has 0 saturated carbocycles. The first kappa shape index (κ1) is 12.9. The fourth-order valence-electron chi connectivity index (χ4n) is 1.48. The maximum Gasteiger partial charge on any atom is 0.142 e. The van der Waals surface area contributed by atoms with Gasteiger partial charge in [0.2, 0.25) is 0 Å². The summed E-state index contributed by atoms with van der Waals surface area (Å²) in [6, 6.07) is 2.39. The number of H-pyrrole nitrogens is 1. The second kappa shape index (κ2) is 5.37. The predicted octanol–water partition coefficient (Wildman–Crippen LogP) is 3.28. The molecule has 0 atom stereocenters. The zero-order chi connectivity index (χ0) is 13.1. The van der Waals surface area contributed by atoms with Crippen molar-refractivity contribution < 1.29 is 9.60 Å². The lowest BCUT2D eigenvalue weighted by atomic mass is 10.1. The molecule has 94 valence electrons. The predicted molar refractivity (Wildman–Crippen MR) is 67.0 cm³/mol. The minimum absolute atomic E-state index is 0.0842. The molecule has 0 spiro atoms. The molecule has 0 unspecified atom stereocenters. The van der Waals surface area contributed by atoms with Gasteiger partial charge in [0.1, 0.15) is 11.6 Å². The summed E-state index contributed by atoms with van der Waals surface area (Å²) >= 11 is 11.5. The lowest BCUT2D eigenvalue weighted by Gasteiger charge is -2.06. The van der Waals surface area contributed by atoms with Crippen LogP contribution in [0.5, 0.6) is 0 Å². The van der Waals surface area contributed by atoms with Gasteiger partial charge in [-0.2, -0.15) is 0 Å². The van der Waals surface area contributed by atoms with Crippen molar-refractivity contribution in [3.8, 4) is 0 Å². The molecule has 2 N–H and O–H groups in total. The molecule has 2 aromatic rings. The molecule has 7 heteroatoms. The van der Waals surface area contributed by atoms with Gasteiger partial charge < -0.3 is 10.2 Å². The maximum atomic E-state index is 13.4. The first-order valence-corrected chi connectivity index (χ1v) is 5.71. The zero-order valence-corrected chi connectivity index (χ0v) is 10.5. The van der Waals surface area contributed by atoms with Crippen molar-refractivity contribution in [1.82, 2.24) is 9.97 Å². The minimum atomic E-state index is -0.628. The van der Waals surface area contributed by atoms with E-state index < -0.39 is 5.82 Å². The fourth-order valence-corrected chi connectivity index (χ4v) is 1.97. The van der Waals surface area contributed by atoms with Crippen molar-refractivity contribution in [2.45, 2.75) is 6.42 Å². The van der Waals surface area contributed by atoms with Crippen LogP contribution in [0.2, 0.25) is 10.0 Å². The summed E-state index contributed by atoms with van der Waals surface area (Å²) in [6.07, 6.45) is 3.40. The van der Waals surface area contributed by atoms with Gasteiger partial charge >= 0.3 is 0 Å². The van der Waals surface area contributed by atoms with Gasteiger partial charge in [-0.1, -0.05) is 28.4 Å². The third-order valence-electron chi connectivity index (χ3n) is 2.33. The normalized spacial score (nSPS) is 11.8. The van der Waals surface area contributed by atoms with Gasteiger partial charge in [-0.05, 0) is 12.1 Å². The van der Waals surface area contributed by atoms with E-state index in [0.29, 0.717) is 5.82 Å². The van der Waals surface area contributed by atoms with E-state index in [2.05, 4.69) is 15.1 Å². The smallest absolute Gasteiger partial charge is 0.142 e. The number of imidazole rings is 1. The molecule has 0 bridgehead atoms. The van der Waals surface area contributed by atoms with Crippen molar-refractivity contribution >= 4 is 28.9 Å². The number of benzene rings is 1. The number of hydrogen-bond donors (Lipinski definition) is 2. The van der Waals surface area contributed by atoms with E-state index in [0.717, 1.165) is 6.07 Å². The SMILES string of the molecule is ON=C(Cc1ncc[nH]1)c1cc(F)c(Cl)cc1Cl. The topological polar surface area (TPSA) is 61.3 Å². The molecule has 1 aromatic heterocycles. The van der Waals surface area contributed by atoms with Crippen LogP contribution >= 0.6 is 23.2 Å². The minimum Gasteiger partial charge on any atom is -0.411 e. The van der Waals surface area contributed by atoms with Crippen LogP contribution < -0.4 is 0 Å². The van der Waals surface area contributed by atoms with Crippen LogP contribution in [0.25, 0.3) is 0 Å². The molecule has 0 aliphatic heterocycles. The molecule has 18 heavy (non-hydrogen) atoms. The number of halogens is 3. The van der Waals surface area contributed by atoms with Gasteiger partial charge in [-0.25, -0.2) is 9.37 Å². The number of nitrogens with zero attached hydrogens (tertiary/aromatic N) is 2. The quantitative estimate of drug-likeness (QED) is 0.394. The Kier molecular flexibility index (Phi) is 3.84. The van der Waals surface area contributed by atoms with Crippen LogP contribution in [0.4, 0.5) is 4.39 Å². The maximum absolute atomic E-state index is 13.4. The van der Waals surface area contributed by atoms with E-state index >= 15 is 0 Å². The van der Waals surface area contributed by atoms with E-state index in [1.165, 1.54) is 6.07 Å². The number of nitrogens with one attached hydrogen (secondary N) is 1. The Bertz CT molecular complexity index is 584. The van der Waals surface area contributed by atoms with Crippen LogP contribution in [-0.2, 0) is 6.42 Å². The third-order valence-corrected chi connectivity index (χ3v) is 2.93. The van der Waals surface area contributed by atoms with Gasteiger partial charge in [0.15, 0.2) is 0 Å². The van der Waals surface area contributed by atoms with E-state index in [9.17, 15) is 4.39 Å². The number of hydrogen-bond acceptors (Lipinski definition) is 3. The number of aromatic nitrogens is 2. The number of rotatable bonds is 3. The van der Waals surface area contributed by atoms with Crippen molar-refractivity contribution in [2.24, 2.45) is 5.16 Å². The summed E-state index contributed by atoms with van der Waals surface area (Å²) in [6.45, 7) is 0. The first-order valence-electron chi connectivity index (χ1n) is 4.96. The van der Waals surface area contributed by atoms with Crippen LogP contribution in [0.3, 0.4) is 0 Å². The molecular formula is C11H8Cl2FN3O. The summed E-state index contributed by atoms with van der Waals surface area (Å²) in [4.78, 5) is 6.84. The van der Waals surface area contributed by atoms with Crippen molar-refractivity contribution in [3.05, 3.63) is 51.8 Å². The van der Waals surface area contributed by atoms with Gasteiger partial charge in [0.05, 0.1) is 22.2 Å². The summed E-state index contributed by atoms with van der Waals surface area (Å²) in [5, 5.41) is 12.2. The molecule has 0 aliphatic carbocycles. The molecule has 0 amide bonds. The number of aromatic amines is 1. The Morgan fingerprint density at radius 3 is 2.78 bits per heavy atom. The van der Waals surface area contributed by atoms with Crippen LogP contribution in [0.1, 0.15) is 11.4 Å². The van der Waals surface area contributed by atoms with Crippen molar-refractivity contribution in [3.63, 3.8) is 0 Å². The van der Waals surface area contributed by atoms with Crippen LogP contribution in [0.15, 0.2) is 29.7 Å². The highest BCUT2D eigenvalue weighted by molar-refractivity contribution is 6.37. The lowest BCUT2D eigenvalue weighted by Crippen LogP contribution is -2.08. The number of oxime groups is 1. The lowest BCUT2D eigenvalue weighted by molar-refractivity contribution is 0.318. The molecule has 4 nitrogen and oxygen atoms in total. The first-order chi connectivity index (χ1) is 8.61. The Morgan fingerprint density at radius 1 is 1.39 bits per heavy atom. The standard InChI is InChI=1S/C11H8Cl2FN3O/c12-7-4-8(13)9(14)3-6(7)10(17-18)5-11-15-1-2-16-11/h1-4,18H,5H2,(H,15,16). The van der Waals surface area contributed by atoms with E-state index in [-0.39, 0.29) is 27.7 Å². The van der Waals surface area contributed by atoms with Crippen molar-refractivity contribution in [2.75, 3.05) is 0 Å². The van der Waals surface area contributed by atoms with E-state index in [4.69, 9.17) is 28.4 Å². The van der Waals surface area contributed by atoms with Gasteiger partial charge in [-0.15, -0.1) is 0 Å². The summed E-state index contributed by atoms with van der Waals surface area (Å²) in [5.74, 6) is -0.0501. The largest absolute Gasteiger partial charge is 0.411 e. The van der Waals surface area contributed by atoms with Crippen LogP contribution in [0, 0.1) is 5.82 Å². The fraction of sp³-hybridized carbons (Fsp3) is 0.0909. The zero-order valence-electron chi connectivity index (χ0n) is 8.99. The molecule has 1 aromatic carbocycles. The van der Waals surface area contributed by atoms with Crippen molar-refractivity contribution in [1.29, 1.82) is 0 Å². The van der Waals surface area contributed by atoms with Gasteiger partial charge in [0, 0.05) is 18.0 Å². The average Bonchev–Trinajstić information content (AvgIpc) is 2.84. The Labute approximate surface area is 112 Å². The molecule has 0 aliphatic rings. The highest BCUT2D eigenvalue weighted by Crippen LogP contribution is 2.25. The van der Waals surface area contributed by atoms with Crippen LogP contribution in [-0.4, -0.2) is 20.9 Å². The van der Waals surface area contributed by atoms with E-state index in [1.807, 2.05) is 0 Å². The Balaban J connectivity index is 2.37. The molecule has 1 heterocycles. The Hall–Kier alpha value is -1.59. The second-order valence-electron chi connectivity index (χ2n) is 3.51. The Morgan fingerprint density at radius 2 is 2.17 bits per heavy atom. The summed E-state index contributed by atoms with van der Waals surface area (Å²) in [7, 11) is 0. The van der Waals surface area contributed by atoms with Gasteiger partial charge in [0.25, 0.3) is 0 Å².